The van der Waals surface area contributed by atoms with Gasteiger partial charge in [-0.1, -0.05) is 125 Å². The fourth-order valence-electron chi connectivity index (χ4n) is 6.06. The summed E-state index contributed by atoms with van der Waals surface area (Å²) in [6.07, 6.45) is 4.04. The van der Waals surface area contributed by atoms with Gasteiger partial charge in [0, 0.05) is 11.4 Å². The Balaban J connectivity index is 0.00000336. The van der Waals surface area contributed by atoms with Gasteiger partial charge in [-0.15, -0.1) is 0 Å². The van der Waals surface area contributed by atoms with Crippen LogP contribution in [0.3, 0.4) is 0 Å². The molecule has 1 aliphatic heterocycles. The van der Waals surface area contributed by atoms with Crippen LogP contribution < -0.4 is 9.80 Å². The molecule has 0 spiro atoms. The summed E-state index contributed by atoms with van der Waals surface area (Å²) in [5, 5.41) is 0. The molecule has 3 heteroatoms. The number of rotatable bonds is 8. The number of anilines is 2. The third-order valence-electron chi connectivity index (χ3n) is 7.88. The molecule has 4 aromatic carbocycles. The average Bonchev–Trinajstić information content (AvgIpc) is 3.36. The van der Waals surface area contributed by atoms with Crippen LogP contribution in [0.15, 0.2) is 97.1 Å². The first-order valence-corrected chi connectivity index (χ1v) is 13.9. The van der Waals surface area contributed by atoms with Crippen LogP contribution in [0.5, 0.6) is 0 Å². The van der Waals surface area contributed by atoms with Gasteiger partial charge in [0.15, 0.2) is 0 Å². The molecule has 5 rings (SSSR count). The minimum absolute atomic E-state index is 0. The van der Waals surface area contributed by atoms with Gasteiger partial charge in [0.1, 0.15) is 0 Å². The van der Waals surface area contributed by atoms with Gasteiger partial charge in [-0.3, -0.25) is 0 Å². The molecule has 2 nitrogen and oxygen atoms in total. The van der Waals surface area contributed by atoms with Crippen molar-refractivity contribution in [1.29, 1.82) is 0 Å². The van der Waals surface area contributed by atoms with Gasteiger partial charge in [0.25, 0.3) is 0 Å². The molecule has 0 saturated carbocycles. The fraction of sp³-hybridized carbons (Fsp3) is 0.286. The van der Waals surface area contributed by atoms with Crippen molar-refractivity contribution in [2.45, 2.75) is 65.5 Å². The van der Waals surface area contributed by atoms with E-state index in [1.54, 1.807) is 0 Å². The van der Waals surface area contributed by atoms with Crippen molar-refractivity contribution in [2.24, 2.45) is 0 Å². The van der Waals surface area contributed by atoms with Crippen LogP contribution in [0.1, 0.15) is 73.2 Å². The quantitative estimate of drug-likeness (QED) is 0.149. The maximum Gasteiger partial charge on any atom is 2.00 e. The van der Waals surface area contributed by atoms with E-state index >= 15 is 0 Å². The summed E-state index contributed by atoms with van der Waals surface area (Å²) in [7, 11) is 0. The van der Waals surface area contributed by atoms with E-state index < -0.39 is 0 Å². The molecule has 4 aromatic rings. The molecule has 0 radical (unpaired) electrons. The van der Waals surface area contributed by atoms with Gasteiger partial charge in [-0.25, -0.2) is 0 Å². The predicted molar refractivity (Wildman–Crippen MR) is 158 cm³/mol. The molecule has 0 amide bonds. The monoisotopic (exact) mass is 593 g/mol. The van der Waals surface area contributed by atoms with Crippen LogP contribution in [-0.2, 0) is 46.1 Å². The van der Waals surface area contributed by atoms with Crippen molar-refractivity contribution in [1.82, 2.24) is 0 Å². The molecule has 0 bridgehead atoms. The number of hydrogen-bond donors (Lipinski definition) is 0. The summed E-state index contributed by atoms with van der Waals surface area (Å²) in [5.41, 5.74) is 11.1. The summed E-state index contributed by atoms with van der Waals surface area (Å²) in [5.74, 6) is 0. The molecule has 1 heterocycles. The molecule has 1 fully saturated rings. The van der Waals surface area contributed by atoms with E-state index in [4.69, 9.17) is 0 Å². The van der Waals surface area contributed by atoms with Gasteiger partial charge in [0.2, 0.25) is 0 Å². The first kappa shape index (κ1) is 28.2. The fourth-order valence-corrected chi connectivity index (χ4v) is 6.06. The van der Waals surface area contributed by atoms with E-state index in [2.05, 4.69) is 141 Å². The van der Waals surface area contributed by atoms with Crippen molar-refractivity contribution < 1.29 is 20.4 Å². The van der Waals surface area contributed by atoms with Gasteiger partial charge >= 0.3 is 20.4 Å². The average molecular weight is 594 g/mol. The molecule has 2 atom stereocenters. The topological polar surface area (TPSA) is 6.48 Å². The Morgan fingerprint density at radius 3 is 1.08 bits per heavy atom. The smallest absolute Gasteiger partial charge is 0.495 e. The van der Waals surface area contributed by atoms with E-state index in [9.17, 15) is 0 Å². The van der Waals surface area contributed by atoms with Crippen LogP contribution in [0.4, 0.5) is 11.4 Å². The second-order valence-electron chi connectivity index (χ2n) is 9.90. The predicted octanol–water partition coefficient (Wildman–Crippen LogP) is 8.86. The molecule has 1 saturated heterocycles. The second-order valence-corrected chi connectivity index (χ2v) is 9.90. The normalized spacial score (nSPS) is 16.9. The maximum absolute atomic E-state index is 2.59. The van der Waals surface area contributed by atoms with Crippen LogP contribution in [0, 0.1) is 6.67 Å². The number of hydrogen-bond acceptors (Lipinski definition) is 2. The summed E-state index contributed by atoms with van der Waals surface area (Å²) in [4.78, 5) is 5.19. The Labute approximate surface area is 243 Å². The number of nitrogens with zero attached hydrogens (tertiary/aromatic N) is 2. The summed E-state index contributed by atoms with van der Waals surface area (Å²) in [6.45, 7) is 11.5. The Hall–Kier alpha value is -2.86. The third-order valence-corrected chi connectivity index (χ3v) is 7.88. The van der Waals surface area contributed by atoms with E-state index in [0.717, 1.165) is 25.7 Å². The van der Waals surface area contributed by atoms with E-state index in [1.165, 1.54) is 44.8 Å². The molecular formula is C35H39N2Pd+. The third kappa shape index (κ3) is 5.20. The molecule has 198 valence electrons. The largest absolute Gasteiger partial charge is 2.00 e. The number of aryl methyl sites for hydroxylation is 4. The molecule has 1 aliphatic rings. The van der Waals surface area contributed by atoms with E-state index in [0.29, 0.717) is 0 Å². The van der Waals surface area contributed by atoms with Crippen LogP contribution in [0.25, 0.3) is 0 Å². The maximum atomic E-state index is 2.59. The molecule has 0 N–H and O–H groups in total. The zero-order valence-corrected chi connectivity index (χ0v) is 24.6. The van der Waals surface area contributed by atoms with E-state index in [1.807, 2.05) is 0 Å². The summed E-state index contributed by atoms with van der Waals surface area (Å²) >= 11 is 0. The molecule has 38 heavy (non-hydrogen) atoms. The standard InChI is InChI=1S/C35H39N2.Pd/c1-5-26-21-15-22-27(6-2)32(26)36-25-37(33-28(7-3)23-16-24-29(33)8-4)35(31-19-13-10-14-20-31)34(36)30-17-11-9-12-18-30;/h9-25,34-35H,5-8H2,1-4H3;/q-1;+2/t34-,35-;/m1./s1. The molecule has 0 unspecified atom stereocenters. The van der Waals surface area contributed by atoms with Gasteiger partial charge in [-0.05, 0) is 59.1 Å². The summed E-state index contributed by atoms with van der Waals surface area (Å²) < 4.78 is 0. The van der Waals surface area contributed by atoms with Crippen LogP contribution in [-0.4, -0.2) is 0 Å². The van der Waals surface area contributed by atoms with Crippen molar-refractivity contribution in [3.8, 4) is 0 Å². The Morgan fingerprint density at radius 2 is 0.789 bits per heavy atom. The molecular weight excluding hydrogens is 555 g/mol. The van der Waals surface area contributed by atoms with Crippen molar-refractivity contribution in [3.63, 3.8) is 0 Å². The Kier molecular flexibility index (Phi) is 9.48. The SMILES string of the molecule is CCc1cccc(CC)c1N1[CH-]N(c2c(CC)cccc2CC)[C@H](c2ccccc2)[C@H]1c1ccccc1.[Pd+2]. The minimum Gasteiger partial charge on any atom is -0.495 e. The minimum atomic E-state index is 0. The van der Waals surface area contributed by atoms with Crippen molar-refractivity contribution >= 4 is 11.4 Å². The Bertz CT molecular complexity index is 1170. The Morgan fingerprint density at radius 1 is 0.474 bits per heavy atom. The van der Waals surface area contributed by atoms with Crippen LogP contribution >= 0.6 is 0 Å². The van der Waals surface area contributed by atoms with Gasteiger partial charge in [0.05, 0.1) is 12.1 Å². The van der Waals surface area contributed by atoms with Gasteiger partial charge < -0.3 is 9.80 Å². The molecule has 0 aromatic heterocycles. The van der Waals surface area contributed by atoms with E-state index in [-0.39, 0.29) is 32.5 Å². The van der Waals surface area contributed by atoms with Gasteiger partial charge in [-0.2, -0.15) is 6.67 Å². The number of para-hydroxylation sites is 2. The summed E-state index contributed by atoms with van der Waals surface area (Å²) in [6, 6.07) is 36.2. The first-order chi connectivity index (χ1) is 18.2. The van der Waals surface area contributed by atoms with Crippen LogP contribution in [0.2, 0.25) is 0 Å². The zero-order chi connectivity index (χ0) is 25.8. The van der Waals surface area contributed by atoms with Crippen molar-refractivity contribution in [3.05, 3.63) is 137 Å². The second kappa shape index (κ2) is 12.8. The first-order valence-electron chi connectivity index (χ1n) is 13.9. The zero-order valence-electron chi connectivity index (χ0n) is 23.0. The number of benzene rings is 4. The molecule has 0 aliphatic carbocycles. The van der Waals surface area contributed by atoms with Crippen molar-refractivity contribution in [2.75, 3.05) is 9.80 Å².